The van der Waals surface area contributed by atoms with Crippen LogP contribution in [0.3, 0.4) is 0 Å². The van der Waals surface area contributed by atoms with E-state index in [1.807, 2.05) is 11.8 Å². The summed E-state index contributed by atoms with van der Waals surface area (Å²) in [5, 5.41) is 11.9. The van der Waals surface area contributed by atoms with Gasteiger partial charge in [-0.1, -0.05) is 135 Å². The number of hydrogen-bond donors (Lipinski definition) is 1. The summed E-state index contributed by atoms with van der Waals surface area (Å²) in [6, 6.07) is 14.3. The number of piperidine rings is 1. The number of carboxylic acids is 1. The van der Waals surface area contributed by atoms with Crippen LogP contribution >= 0.6 is 0 Å². The minimum atomic E-state index is -0.767. The Hall–Kier alpha value is -4.52. The highest BCUT2D eigenvalue weighted by molar-refractivity contribution is 6.13. The molecule has 2 aromatic rings. The molecule has 1 saturated heterocycles. The number of fused-ring (bicyclic) bond motifs is 2. The fourth-order valence-corrected chi connectivity index (χ4v) is 9.83. The maximum absolute atomic E-state index is 14.2. The molecule has 1 amide bonds. The zero-order valence-electron chi connectivity index (χ0n) is 37.5. The Balaban J connectivity index is 1.41. The molecule has 7 nitrogen and oxygen atoms in total. The van der Waals surface area contributed by atoms with Crippen molar-refractivity contribution in [2.24, 2.45) is 10.9 Å². The number of hydrogen-bond acceptors (Lipinski definition) is 4. The number of carboxylic acid groups (broad SMARTS) is 1. The lowest BCUT2D eigenvalue weighted by atomic mass is 9.77. The molecule has 1 aliphatic carbocycles. The third-order valence-electron chi connectivity index (χ3n) is 13.5. The summed E-state index contributed by atoms with van der Waals surface area (Å²) in [6.07, 6.45) is 20.7. The van der Waals surface area contributed by atoms with Crippen molar-refractivity contribution in [3.8, 4) is 0 Å². The van der Waals surface area contributed by atoms with Crippen molar-refractivity contribution < 1.29 is 14.7 Å². The van der Waals surface area contributed by atoms with Gasteiger partial charge in [-0.2, -0.15) is 5.92 Å². The van der Waals surface area contributed by atoms with Crippen molar-refractivity contribution in [3.05, 3.63) is 111 Å². The molecule has 1 N–H and O–H groups in total. The minimum Gasteiger partial charge on any atom is -0.481 e. The number of carbonyl (C=O) groups excluding carboxylic acids is 1. The number of aliphatic imine (C=N–C) groups is 1. The van der Waals surface area contributed by atoms with Gasteiger partial charge >= 0.3 is 5.97 Å². The van der Waals surface area contributed by atoms with Crippen molar-refractivity contribution in [1.82, 2.24) is 9.48 Å². The zero-order valence-corrected chi connectivity index (χ0v) is 37.5. The van der Waals surface area contributed by atoms with Crippen LogP contribution in [0.25, 0.3) is 6.58 Å². The summed E-state index contributed by atoms with van der Waals surface area (Å²) in [7, 11) is 0. The molecule has 3 aliphatic heterocycles. The van der Waals surface area contributed by atoms with E-state index in [1.54, 1.807) is 0 Å². The number of anilines is 1. The molecule has 1 atom stereocenters. The maximum Gasteiger partial charge on any atom is 0.306 e. The number of aliphatic carboxylic acids is 1. The molecular weight excluding hydrogens is 729 g/mol. The van der Waals surface area contributed by atoms with Crippen LogP contribution in [0, 0.1) is 24.8 Å². The summed E-state index contributed by atoms with van der Waals surface area (Å²) >= 11 is 0. The molecule has 1 saturated carbocycles. The van der Waals surface area contributed by atoms with Gasteiger partial charge < -0.3 is 19.5 Å². The van der Waals surface area contributed by atoms with Gasteiger partial charge in [-0.05, 0) is 67.5 Å². The Morgan fingerprint density at radius 2 is 1.69 bits per heavy atom. The van der Waals surface area contributed by atoms with Crippen LogP contribution in [0.1, 0.15) is 142 Å². The van der Waals surface area contributed by atoms with Crippen molar-refractivity contribution in [1.29, 1.82) is 0 Å². The van der Waals surface area contributed by atoms with E-state index in [-0.39, 0.29) is 16.7 Å². The number of unbranched alkanes of at least 4 members (excludes halogenated alkanes) is 4. The highest BCUT2D eigenvalue weighted by Gasteiger charge is 2.40. The predicted octanol–water partition coefficient (Wildman–Crippen LogP) is 9.57. The topological polar surface area (TPSA) is 76.2 Å². The third kappa shape index (κ3) is 9.30. The molecule has 0 bridgehead atoms. The van der Waals surface area contributed by atoms with Gasteiger partial charge in [0.2, 0.25) is 5.91 Å². The third-order valence-corrected chi connectivity index (χ3v) is 13.5. The van der Waals surface area contributed by atoms with E-state index in [9.17, 15) is 14.7 Å². The van der Waals surface area contributed by atoms with Crippen LogP contribution in [0.5, 0.6) is 0 Å². The first-order valence-electron chi connectivity index (χ1n) is 22.8. The second kappa shape index (κ2) is 18.8. The minimum absolute atomic E-state index is 0.00752. The molecule has 2 fully saturated rings. The largest absolute Gasteiger partial charge is 0.481 e. The Bertz CT molecular complexity index is 2100. The van der Waals surface area contributed by atoms with E-state index < -0.39 is 17.9 Å². The number of allylic oxidation sites excluding steroid dienone is 5. The van der Waals surface area contributed by atoms with Crippen molar-refractivity contribution in [3.63, 3.8) is 0 Å². The molecule has 0 aromatic heterocycles. The number of carbonyl (C=O) groups is 2. The number of amides is 1. The second-order valence-corrected chi connectivity index (χ2v) is 18.5. The second-order valence-electron chi connectivity index (χ2n) is 18.5. The normalized spacial score (nSPS) is 21.6. The van der Waals surface area contributed by atoms with E-state index in [2.05, 4.69) is 125 Å². The van der Waals surface area contributed by atoms with Crippen LogP contribution in [0.15, 0.2) is 77.0 Å². The molecule has 318 valence electrons. The number of nitrogens with zero attached hydrogens (tertiary/aromatic N) is 4. The van der Waals surface area contributed by atoms with Gasteiger partial charge in [-0.25, -0.2) is 6.08 Å². The van der Waals surface area contributed by atoms with Gasteiger partial charge in [0.05, 0.1) is 5.92 Å². The summed E-state index contributed by atoms with van der Waals surface area (Å²) in [5.74, 6) is 0.0224. The maximum atomic E-state index is 14.2. The van der Waals surface area contributed by atoms with Gasteiger partial charge in [-0.15, -0.1) is 11.6 Å². The van der Waals surface area contributed by atoms with E-state index in [1.165, 1.54) is 76.6 Å². The Kier molecular flexibility index (Phi) is 14.0. The number of aryl methyl sites for hydroxylation is 1. The van der Waals surface area contributed by atoms with Crippen molar-refractivity contribution in [2.75, 3.05) is 31.1 Å². The highest BCUT2D eigenvalue weighted by atomic mass is 16.4. The van der Waals surface area contributed by atoms with Crippen LogP contribution < -0.4 is 20.1 Å². The quantitative estimate of drug-likeness (QED) is 0.111. The van der Waals surface area contributed by atoms with Gasteiger partial charge in [0, 0.05) is 54.3 Å². The standard InChI is InChI=1S/C52H71N4O3/c1-10-13-15-30-55-44-24-20-36(4)34-41(44)51(6,7)46(55)26-22-38-18-17-19-39(48(38)53-43(12-3)49(57)54-32-28-40(29-33-54)50(58)59)23-27-47-52(8,9)42-35-37(5)21-25-45(42)56(47)31-16-14-11-2/h20-27,34-35,40,43H,4,10-19,28-33H2,1-3,5-9H3,(H,58,59)/q-1/b26-22+,39-23+,47-27-,53-48?. The van der Waals surface area contributed by atoms with Crippen LogP contribution in [-0.4, -0.2) is 59.8 Å². The lowest BCUT2D eigenvalue weighted by Gasteiger charge is -2.38. The SMILES string of the molecule is C=c1ccc2c(c1)C(C)(C)[C-](/C=C/[C-]1CCC/C(=C\C=C3/N(CCCCC)c4ccc(C)cc4C3(C)C)C1=NC(CC)C(=O)N1CCC(C(=O)O)CC1)[N+]=2CCCCC. The Morgan fingerprint density at radius 1 is 0.966 bits per heavy atom. The van der Waals surface area contributed by atoms with E-state index in [0.29, 0.717) is 32.4 Å². The lowest BCUT2D eigenvalue weighted by Crippen LogP contribution is -2.44. The fourth-order valence-electron chi connectivity index (χ4n) is 9.83. The molecular formula is C52H71N4O3-. The molecule has 6 rings (SSSR count). The molecule has 7 heteroatoms. The molecule has 4 aliphatic rings. The Labute approximate surface area is 355 Å². The summed E-state index contributed by atoms with van der Waals surface area (Å²) in [5.41, 5.74) is 8.34. The van der Waals surface area contributed by atoms with E-state index in [4.69, 9.17) is 4.99 Å². The van der Waals surface area contributed by atoms with Crippen molar-refractivity contribution >= 4 is 29.9 Å². The Morgan fingerprint density at radius 3 is 2.39 bits per heavy atom. The van der Waals surface area contributed by atoms with Gasteiger partial charge in [0.1, 0.15) is 17.9 Å². The average Bonchev–Trinajstić information content (AvgIpc) is 3.55. The molecule has 1 unspecified atom stereocenters. The predicted molar refractivity (Wildman–Crippen MR) is 245 cm³/mol. The smallest absolute Gasteiger partial charge is 0.306 e. The summed E-state index contributed by atoms with van der Waals surface area (Å²) < 4.78 is 2.52. The molecule has 0 spiro atoms. The monoisotopic (exact) mass is 800 g/mol. The zero-order chi connectivity index (χ0) is 42.5. The molecule has 3 heterocycles. The van der Waals surface area contributed by atoms with Crippen LogP contribution in [0.4, 0.5) is 5.69 Å². The van der Waals surface area contributed by atoms with Gasteiger partial charge in [0.15, 0.2) is 0 Å². The number of rotatable bonds is 15. The van der Waals surface area contributed by atoms with Crippen LogP contribution in [0.2, 0.25) is 0 Å². The van der Waals surface area contributed by atoms with E-state index in [0.717, 1.165) is 56.1 Å². The first-order valence-corrected chi connectivity index (χ1v) is 22.8. The summed E-state index contributed by atoms with van der Waals surface area (Å²) in [6.45, 7) is 25.3. The number of benzene rings is 2. The van der Waals surface area contributed by atoms with Crippen LogP contribution in [-0.2, 0) is 20.4 Å². The first-order chi connectivity index (χ1) is 28.2. The fraction of sp³-hybridized carbons (Fsp3) is 0.538. The lowest BCUT2D eigenvalue weighted by molar-refractivity contribution is -0.146. The highest BCUT2D eigenvalue weighted by Crippen LogP contribution is 2.48. The summed E-state index contributed by atoms with van der Waals surface area (Å²) in [4.78, 5) is 35.8. The molecule has 2 aromatic carbocycles. The van der Waals surface area contributed by atoms with Crippen molar-refractivity contribution in [2.45, 2.75) is 149 Å². The average molecular weight is 800 g/mol. The van der Waals surface area contributed by atoms with Gasteiger partial charge in [0.25, 0.3) is 0 Å². The van der Waals surface area contributed by atoms with Gasteiger partial charge in [-0.3, -0.25) is 20.7 Å². The molecule has 59 heavy (non-hydrogen) atoms. The first kappa shape index (κ1) is 44.0. The van der Waals surface area contributed by atoms with E-state index >= 15 is 0 Å². The number of likely N-dealkylation sites (tertiary alicyclic amines) is 1. The molecule has 0 radical (unpaired) electrons.